The van der Waals surface area contributed by atoms with Crippen molar-refractivity contribution in [1.29, 1.82) is 0 Å². The molecule has 1 unspecified atom stereocenters. The molecule has 1 saturated carbocycles. The van der Waals surface area contributed by atoms with Crippen LogP contribution in [0, 0.1) is 23.4 Å². The number of ether oxygens (including phenoxy) is 1. The van der Waals surface area contributed by atoms with Crippen molar-refractivity contribution in [2.75, 3.05) is 19.8 Å². The van der Waals surface area contributed by atoms with E-state index in [9.17, 15) is 13.2 Å². The Balaban J connectivity index is 1.44. The van der Waals surface area contributed by atoms with Gasteiger partial charge in [-0.1, -0.05) is 0 Å². The van der Waals surface area contributed by atoms with E-state index in [1.54, 1.807) is 12.1 Å². The minimum absolute atomic E-state index is 0.219. The lowest BCUT2D eigenvalue weighted by atomic mass is 9.70. The fraction of sp³-hybridized carbons (Fsp3) is 0.391. The second-order valence-corrected chi connectivity index (χ2v) is 8.23. The largest absolute Gasteiger partial charge is 0.380 e. The summed E-state index contributed by atoms with van der Waals surface area (Å²) < 4.78 is 47.2. The number of nitrogens with one attached hydrogen (secondary N) is 2. The number of fused-ring (bicyclic) bond motifs is 1. The highest BCUT2D eigenvalue weighted by atomic mass is 19.1. The molecule has 2 heterocycles. The second-order valence-electron chi connectivity index (χ2n) is 8.23. The molecule has 3 nitrogen and oxygen atoms in total. The predicted octanol–water partition coefficient (Wildman–Crippen LogP) is 5.12. The van der Waals surface area contributed by atoms with Crippen LogP contribution < -0.4 is 5.32 Å². The SMILES string of the molecule is Fc1ccc(-c2[nH]c3c(F)cc(F)cc3c2C2CC(CNC3CCOC3)C2)cc1. The average molecular weight is 400 g/mol. The number of aromatic amines is 1. The highest BCUT2D eigenvalue weighted by molar-refractivity contribution is 5.92. The van der Waals surface area contributed by atoms with Gasteiger partial charge < -0.3 is 15.0 Å². The second kappa shape index (κ2) is 7.50. The van der Waals surface area contributed by atoms with E-state index >= 15 is 0 Å². The van der Waals surface area contributed by atoms with E-state index in [1.165, 1.54) is 18.2 Å². The van der Waals surface area contributed by atoms with Gasteiger partial charge in [0.05, 0.1) is 17.8 Å². The van der Waals surface area contributed by atoms with E-state index < -0.39 is 11.6 Å². The van der Waals surface area contributed by atoms with Gasteiger partial charge >= 0.3 is 0 Å². The number of rotatable bonds is 5. The minimum Gasteiger partial charge on any atom is -0.380 e. The normalized spacial score (nSPS) is 24.2. The van der Waals surface area contributed by atoms with Gasteiger partial charge in [-0.05, 0) is 79.1 Å². The molecule has 1 atom stereocenters. The summed E-state index contributed by atoms with van der Waals surface area (Å²) in [6.07, 6.45) is 2.96. The molecule has 0 radical (unpaired) electrons. The van der Waals surface area contributed by atoms with Crippen LogP contribution in [0.1, 0.15) is 30.7 Å². The van der Waals surface area contributed by atoms with Gasteiger partial charge in [-0.2, -0.15) is 0 Å². The van der Waals surface area contributed by atoms with Gasteiger partial charge in [0.2, 0.25) is 0 Å². The molecule has 1 aliphatic carbocycles. The van der Waals surface area contributed by atoms with Crippen molar-refractivity contribution < 1.29 is 17.9 Å². The van der Waals surface area contributed by atoms with Crippen LogP contribution in [0.15, 0.2) is 36.4 Å². The van der Waals surface area contributed by atoms with Crippen LogP contribution in [0.25, 0.3) is 22.2 Å². The molecular formula is C23H23F3N2O. The molecule has 3 aromatic rings. The van der Waals surface area contributed by atoms with E-state index in [1.807, 2.05) is 0 Å². The molecule has 2 N–H and O–H groups in total. The number of H-pyrrole nitrogens is 1. The van der Waals surface area contributed by atoms with Crippen molar-refractivity contribution in [3.8, 4) is 11.3 Å². The first-order valence-electron chi connectivity index (χ1n) is 10.2. The van der Waals surface area contributed by atoms with E-state index in [0.29, 0.717) is 22.9 Å². The van der Waals surface area contributed by atoms with Gasteiger partial charge in [-0.25, -0.2) is 13.2 Å². The zero-order valence-corrected chi connectivity index (χ0v) is 16.0. The Bertz CT molecular complexity index is 1020. The van der Waals surface area contributed by atoms with Crippen molar-refractivity contribution in [2.45, 2.75) is 31.2 Å². The van der Waals surface area contributed by atoms with Crippen LogP contribution in [0.2, 0.25) is 0 Å². The van der Waals surface area contributed by atoms with E-state index in [2.05, 4.69) is 10.3 Å². The van der Waals surface area contributed by atoms with Crippen molar-refractivity contribution >= 4 is 10.9 Å². The van der Waals surface area contributed by atoms with Crippen molar-refractivity contribution in [2.24, 2.45) is 5.92 Å². The smallest absolute Gasteiger partial charge is 0.150 e. The Labute approximate surface area is 167 Å². The zero-order valence-electron chi connectivity index (χ0n) is 16.0. The maximum Gasteiger partial charge on any atom is 0.150 e. The van der Waals surface area contributed by atoms with E-state index in [-0.39, 0.29) is 11.7 Å². The average Bonchev–Trinajstić information content (AvgIpc) is 3.30. The fourth-order valence-corrected chi connectivity index (χ4v) is 4.68. The van der Waals surface area contributed by atoms with Crippen LogP contribution >= 0.6 is 0 Å². The number of hydrogen-bond acceptors (Lipinski definition) is 2. The molecule has 152 valence electrons. The summed E-state index contributed by atoms with van der Waals surface area (Å²) in [5.74, 6) is -0.760. The van der Waals surface area contributed by atoms with Crippen LogP contribution in [0.5, 0.6) is 0 Å². The van der Waals surface area contributed by atoms with Crippen molar-refractivity contribution in [3.63, 3.8) is 0 Å². The molecule has 1 saturated heterocycles. The Morgan fingerprint density at radius 2 is 1.83 bits per heavy atom. The van der Waals surface area contributed by atoms with Crippen LogP contribution in [0.4, 0.5) is 13.2 Å². The third kappa shape index (κ3) is 3.55. The summed E-state index contributed by atoms with van der Waals surface area (Å²) in [4.78, 5) is 3.14. The van der Waals surface area contributed by atoms with Gasteiger partial charge in [0.1, 0.15) is 17.5 Å². The highest BCUT2D eigenvalue weighted by Crippen LogP contribution is 2.48. The first-order valence-corrected chi connectivity index (χ1v) is 10.2. The van der Waals surface area contributed by atoms with Gasteiger partial charge in [0, 0.05) is 24.1 Å². The molecule has 2 aliphatic rings. The monoisotopic (exact) mass is 400 g/mol. The molecule has 29 heavy (non-hydrogen) atoms. The van der Waals surface area contributed by atoms with E-state index in [4.69, 9.17) is 4.74 Å². The third-order valence-corrected chi connectivity index (χ3v) is 6.27. The van der Waals surface area contributed by atoms with Crippen molar-refractivity contribution in [3.05, 3.63) is 59.4 Å². The van der Waals surface area contributed by atoms with E-state index in [0.717, 1.165) is 61.9 Å². The molecule has 5 rings (SSSR count). The van der Waals surface area contributed by atoms with Gasteiger partial charge in [0.15, 0.2) is 0 Å². The number of halogens is 3. The minimum atomic E-state index is -0.603. The molecular weight excluding hydrogens is 377 g/mol. The lowest BCUT2D eigenvalue weighted by molar-refractivity contribution is 0.185. The standard InChI is InChI=1S/C23H23F3N2O/c24-16-3-1-14(2-4-16)22-21(19-9-17(25)10-20(26)23(19)28-22)15-7-13(8-15)11-27-18-5-6-29-12-18/h1-4,9-10,13,15,18,27-28H,5-8,11-12H2. The molecule has 1 aromatic heterocycles. The summed E-state index contributed by atoms with van der Waals surface area (Å²) in [5, 5.41) is 4.15. The quantitative estimate of drug-likeness (QED) is 0.623. The van der Waals surface area contributed by atoms with Gasteiger partial charge in [-0.15, -0.1) is 0 Å². The molecule has 0 bridgehead atoms. The summed E-state index contributed by atoms with van der Waals surface area (Å²) >= 11 is 0. The third-order valence-electron chi connectivity index (χ3n) is 6.27. The number of benzene rings is 2. The van der Waals surface area contributed by atoms with Crippen LogP contribution in [-0.2, 0) is 4.74 Å². The lowest BCUT2D eigenvalue weighted by Gasteiger charge is -2.37. The fourth-order valence-electron chi connectivity index (χ4n) is 4.68. The van der Waals surface area contributed by atoms with Crippen LogP contribution in [0.3, 0.4) is 0 Å². The Hall–Kier alpha value is -2.31. The van der Waals surface area contributed by atoms with Gasteiger partial charge in [0.25, 0.3) is 0 Å². The molecule has 0 spiro atoms. The molecule has 0 amide bonds. The predicted molar refractivity (Wildman–Crippen MR) is 106 cm³/mol. The summed E-state index contributed by atoms with van der Waals surface area (Å²) in [7, 11) is 0. The molecule has 6 heteroatoms. The Kier molecular flexibility index (Phi) is 4.84. The lowest BCUT2D eigenvalue weighted by Crippen LogP contribution is -2.38. The summed E-state index contributed by atoms with van der Waals surface area (Å²) in [6.45, 7) is 2.52. The molecule has 2 fully saturated rings. The zero-order chi connectivity index (χ0) is 20.0. The molecule has 1 aliphatic heterocycles. The summed E-state index contributed by atoms with van der Waals surface area (Å²) in [5.41, 5.74) is 2.78. The molecule has 2 aromatic carbocycles. The number of aromatic nitrogens is 1. The van der Waals surface area contributed by atoms with Gasteiger partial charge in [-0.3, -0.25) is 0 Å². The maximum absolute atomic E-state index is 14.4. The van der Waals surface area contributed by atoms with Crippen molar-refractivity contribution in [1.82, 2.24) is 10.3 Å². The maximum atomic E-state index is 14.4. The Morgan fingerprint density at radius 3 is 2.55 bits per heavy atom. The highest BCUT2D eigenvalue weighted by Gasteiger charge is 2.35. The Morgan fingerprint density at radius 1 is 1.03 bits per heavy atom. The summed E-state index contributed by atoms with van der Waals surface area (Å²) in [6, 6.07) is 8.86. The van der Waals surface area contributed by atoms with Crippen LogP contribution in [-0.4, -0.2) is 30.8 Å². The first-order chi connectivity index (χ1) is 14.1. The topological polar surface area (TPSA) is 37.0 Å². The number of hydrogen-bond donors (Lipinski definition) is 2. The first kappa shape index (κ1) is 18.7.